The second-order valence-electron chi connectivity index (χ2n) is 9.96. The topological polar surface area (TPSA) is 105 Å². The Hall–Kier alpha value is -4.14. The highest BCUT2D eigenvalue weighted by molar-refractivity contribution is 5.94. The van der Waals surface area contributed by atoms with Crippen molar-refractivity contribution in [3.05, 3.63) is 87.1 Å². The van der Waals surface area contributed by atoms with Gasteiger partial charge in [-0.3, -0.25) is 13.9 Å². The number of rotatable bonds is 6. The van der Waals surface area contributed by atoms with Gasteiger partial charge in [-0.1, -0.05) is 12.1 Å². The molecule has 0 spiro atoms. The van der Waals surface area contributed by atoms with Gasteiger partial charge in [0.05, 0.1) is 29.4 Å². The molecule has 1 unspecified atom stereocenters. The molecule has 0 amide bonds. The molecule has 4 aromatic rings. The van der Waals surface area contributed by atoms with Crippen molar-refractivity contribution in [2.45, 2.75) is 52.6 Å². The molecule has 5 rings (SSSR count). The summed E-state index contributed by atoms with van der Waals surface area (Å²) in [5.74, 6) is -0.284. The Labute approximate surface area is 215 Å². The Kier molecular flexibility index (Phi) is 6.45. The third-order valence-corrected chi connectivity index (χ3v) is 7.15. The van der Waals surface area contributed by atoms with Gasteiger partial charge in [0.1, 0.15) is 11.5 Å². The van der Waals surface area contributed by atoms with E-state index in [1.54, 1.807) is 28.7 Å². The number of aryl methyl sites for hydroxylation is 2. The SMILES string of the molecule is Cc1cnn(C2CCN(c3nc4c(C(C)Nc5ccccc5C(=O)O)cc(C)cn4c(=O)c3C)CC2)c1. The highest BCUT2D eigenvalue weighted by Gasteiger charge is 2.25. The molecule has 1 atom stereocenters. The molecule has 1 aromatic carbocycles. The van der Waals surface area contributed by atoms with E-state index in [-0.39, 0.29) is 17.2 Å². The second-order valence-corrected chi connectivity index (χ2v) is 9.96. The molecular weight excluding hydrogens is 468 g/mol. The fourth-order valence-corrected chi connectivity index (χ4v) is 5.19. The van der Waals surface area contributed by atoms with E-state index >= 15 is 0 Å². The van der Waals surface area contributed by atoms with Crippen LogP contribution in [0.1, 0.15) is 64.5 Å². The number of hydrogen-bond acceptors (Lipinski definition) is 6. The molecule has 4 heterocycles. The van der Waals surface area contributed by atoms with Gasteiger partial charge < -0.3 is 15.3 Å². The Morgan fingerprint density at radius 3 is 2.51 bits per heavy atom. The highest BCUT2D eigenvalue weighted by atomic mass is 16.4. The van der Waals surface area contributed by atoms with Crippen molar-refractivity contribution in [2.75, 3.05) is 23.3 Å². The maximum Gasteiger partial charge on any atom is 0.337 e. The van der Waals surface area contributed by atoms with E-state index in [0.717, 1.165) is 42.6 Å². The van der Waals surface area contributed by atoms with Gasteiger partial charge >= 0.3 is 5.97 Å². The number of anilines is 2. The molecule has 0 saturated carbocycles. The van der Waals surface area contributed by atoms with Crippen LogP contribution in [0.3, 0.4) is 0 Å². The number of fused-ring (bicyclic) bond motifs is 1. The van der Waals surface area contributed by atoms with Crippen molar-refractivity contribution in [3.63, 3.8) is 0 Å². The predicted molar refractivity (Wildman–Crippen MR) is 144 cm³/mol. The van der Waals surface area contributed by atoms with E-state index in [1.165, 1.54) is 0 Å². The lowest BCUT2D eigenvalue weighted by molar-refractivity contribution is 0.0698. The summed E-state index contributed by atoms with van der Waals surface area (Å²) in [6.45, 7) is 9.35. The third-order valence-electron chi connectivity index (χ3n) is 7.15. The number of hydrogen-bond donors (Lipinski definition) is 2. The summed E-state index contributed by atoms with van der Waals surface area (Å²) in [4.78, 5) is 32.4. The van der Waals surface area contributed by atoms with Crippen LogP contribution in [0.4, 0.5) is 11.5 Å². The Balaban J connectivity index is 1.50. The van der Waals surface area contributed by atoms with Crippen molar-refractivity contribution in [1.82, 2.24) is 19.2 Å². The summed E-state index contributed by atoms with van der Waals surface area (Å²) in [7, 11) is 0. The molecule has 1 aliphatic rings. The molecule has 3 aromatic heterocycles. The van der Waals surface area contributed by atoms with Gasteiger partial charge in [0.25, 0.3) is 5.56 Å². The first kappa shape index (κ1) is 24.5. The van der Waals surface area contributed by atoms with Crippen LogP contribution in [0.2, 0.25) is 0 Å². The Morgan fingerprint density at radius 1 is 1.11 bits per heavy atom. The van der Waals surface area contributed by atoms with Crippen molar-refractivity contribution in [2.24, 2.45) is 0 Å². The van der Waals surface area contributed by atoms with Crippen molar-refractivity contribution < 1.29 is 9.90 Å². The molecule has 37 heavy (non-hydrogen) atoms. The number of carbonyl (C=O) groups is 1. The zero-order chi connectivity index (χ0) is 26.3. The molecule has 1 saturated heterocycles. The minimum absolute atomic E-state index is 0.0899. The third kappa shape index (κ3) is 4.69. The number of nitrogens with zero attached hydrogens (tertiary/aromatic N) is 5. The minimum Gasteiger partial charge on any atom is -0.478 e. The number of nitrogens with one attached hydrogen (secondary N) is 1. The van der Waals surface area contributed by atoms with E-state index in [2.05, 4.69) is 21.5 Å². The number of benzene rings is 1. The van der Waals surface area contributed by atoms with E-state index < -0.39 is 5.97 Å². The summed E-state index contributed by atoms with van der Waals surface area (Å²) in [6, 6.07) is 8.88. The van der Waals surface area contributed by atoms with Gasteiger partial charge in [0.2, 0.25) is 0 Å². The zero-order valence-electron chi connectivity index (χ0n) is 21.6. The number of para-hydroxylation sites is 1. The normalized spacial score (nSPS) is 15.2. The largest absolute Gasteiger partial charge is 0.478 e. The number of pyridine rings is 1. The van der Waals surface area contributed by atoms with Crippen LogP contribution < -0.4 is 15.8 Å². The van der Waals surface area contributed by atoms with E-state index in [9.17, 15) is 14.7 Å². The van der Waals surface area contributed by atoms with E-state index in [1.807, 2.05) is 50.8 Å². The minimum atomic E-state index is -0.995. The lowest BCUT2D eigenvalue weighted by Crippen LogP contribution is -2.37. The van der Waals surface area contributed by atoms with Crippen molar-refractivity contribution in [3.8, 4) is 0 Å². The second kappa shape index (κ2) is 9.72. The maximum absolute atomic E-state index is 13.5. The fourth-order valence-electron chi connectivity index (χ4n) is 5.19. The van der Waals surface area contributed by atoms with Crippen LogP contribution in [0.5, 0.6) is 0 Å². The van der Waals surface area contributed by atoms with Crippen LogP contribution in [-0.4, -0.2) is 43.3 Å². The quantitative estimate of drug-likeness (QED) is 0.401. The first-order valence-electron chi connectivity index (χ1n) is 12.6. The number of piperidine rings is 1. The molecule has 9 nitrogen and oxygen atoms in total. The molecule has 0 aliphatic carbocycles. The first-order valence-corrected chi connectivity index (χ1v) is 12.6. The molecule has 9 heteroatoms. The molecule has 1 aliphatic heterocycles. The van der Waals surface area contributed by atoms with Crippen molar-refractivity contribution in [1.29, 1.82) is 0 Å². The summed E-state index contributed by atoms with van der Waals surface area (Å²) < 4.78 is 3.66. The monoisotopic (exact) mass is 500 g/mol. The van der Waals surface area contributed by atoms with Gasteiger partial charge in [-0.15, -0.1) is 0 Å². The Bertz CT molecular complexity index is 1530. The maximum atomic E-state index is 13.5. The number of carboxylic acid groups (broad SMARTS) is 1. The first-order chi connectivity index (χ1) is 17.7. The zero-order valence-corrected chi connectivity index (χ0v) is 21.6. The lowest BCUT2D eigenvalue weighted by atomic mass is 10.0. The van der Waals surface area contributed by atoms with E-state index in [4.69, 9.17) is 4.98 Å². The van der Waals surface area contributed by atoms with E-state index in [0.29, 0.717) is 28.8 Å². The predicted octanol–water partition coefficient (Wildman–Crippen LogP) is 4.53. The van der Waals surface area contributed by atoms with Crippen molar-refractivity contribution >= 4 is 23.1 Å². The summed E-state index contributed by atoms with van der Waals surface area (Å²) in [5, 5.41) is 17.4. The average Bonchev–Trinajstić information content (AvgIpc) is 3.32. The number of aromatic carboxylic acids is 1. The van der Waals surface area contributed by atoms with Gasteiger partial charge in [-0.05, 0) is 69.9 Å². The van der Waals surface area contributed by atoms with Gasteiger partial charge in [-0.25, -0.2) is 9.78 Å². The molecule has 1 fully saturated rings. The number of carboxylic acids is 1. The summed E-state index contributed by atoms with van der Waals surface area (Å²) in [6.07, 6.45) is 7.63. The number of aromatic nitrogens is 4. The summed E-state index contributed by atoms with van der Waals surface area (Å²) >= 11 is 0. The van der Waals surface area contributed by atoms with Crippen LogP contribution >= 0.6 is 0 Å². The van der Waals surface area contributed by atoms with Crippen LogP contribution in [0.15, 0.2) is 53.7 Å². The highest BCUT2D eigenvalue weighted by Crippen LogP contribution is 2.29. The van der Waals surface area contributed by atoms with Gasteiger partial charge in [0, 0.05) is 36.7 Å². The van der Waals surface area contributed by atoms with Gasteiger partial charge in [-0.2, -0.15) is 5.10 Å². The fraction of sp³-hybridized carbons (Fsp3) is 0.357. The molecular formula is C28H32N6O3. The summed E-state index contributed by atoms with van der Waals surface area (Å²) in [5.41, 5.74) is 4.74. The average molecular weight is 501 g/mol. The molecule has 0 radical (unpaired) electrons. The van der Waals surface area contributed by atoms with Gasteiger partial charge in [0.15, 0.2) is 0 Å². The van der Waals surface area contributed by atoms with Crippen LogP contribution in [0.25, 0.3) is 5.65 Å². The smallest absolute Gasteiger partial charge is 0.337 e. The van der Waals surface area contributed by atoms with Crippen LogP contribution in [-0.2, 0) is 0 Å². The molecule has 192 valence electrons. The molecule has 2 N–H and O–H groups in total. The lowest BCUT2D eigenvalue weighted by Gasteiger charge is -2.33. The Morgan fingerprint density at radius 2 is 1.84 bits per heavy atom. The standard InChI is InChI=1S/C28H32N6O3/c1-17-13-23(20(4)30-24-8-6-5-7-22(24)28(36)37)26-31-25(19(3)27(35)33(26)15-17)32-11-9-21(10-12-32)34-16-18(2)14-29-34/h5-8,13-16,20-21,30H,9-12H2,1-4H3,(H,36,37). The van der Waals surface area contributed by atoms with Crippen LogP contribution in [0, 0.1) is 20.8 Å². The molecule has 0 bridgehead atoms.